The summed E-state index contributed by atoms with van der Waals surface area (Å²) in [4.78, 5) is 2.44. The second-order valence-electron chi connectivity index (χ2n) is 4.66. The fourth-order valence-electron chi connectivity index (χ4n) is 1.70. The highest BCUT2D eigenvalue weighted by atomic mass is 32.1. The first-order chi connectivity index (χ1) is 7.70. The van der Waals surface area contributed by atoms with Gasteiger partial charge in [0.2, 0.25) is 0 Å². The summed E-state index contributed by atoms with van der Waals surface area (Å²) < 4.78 is 3.92. The van der Waals surface area contributed by atoms with E-state index in [1.165, 1.54) is 30.9 Å². The maximum absolute atomic E-state index is 5.42. The molecule has 1 aliphatic rings. The lowest BCUT2D eigenvalue weighted by atomic mass is 10.2. The summed E-state index contributed by atoms with van der Waals surface area (Å²) in [5, 5.41) is 5.00. The molecule has 2 rings (SSSR count). The third-order valence-corrected chi connectivity index (χ3v) is 3.66. The summed E-state index contributed by atoms with van der Waals surface area (Å²) in [5.41, 5.74) is 3.62. The molecule has 0 spiro atoms. The second kappa shape index (κ2) is 5.07. The quantitative estimate of drug-likeness (QED) is 0.583. The number of nitrogens with zero attached hydrogens (tertiary/aromatic N) is 3. The van der Waals surface area contributed by atoms with Gasteiger partial charge in [-0.05, 0) is 32.6 Å². The van der Waals surface area contributed by atoms with Crippen LogP contribution in [0.5, 0.6) is 0 Å². The van der Waals surface area contributed by atoms with E-state index in [-0.39, 0.29) is 0 Å². The van der Waals surface area contributed by atoms with Gasteiger partial charge < -0.3 is 5.43 Å². The van der Waals surface area contributed by atoms with Crippen LogP contribution >= 0.6 is 11.5 Å². The van der Waals surface area contributed by atoms with Gasteiger partial charge >= 0.3 is 0 Å². The number of hydrazine groups is 1. The molecule has 16 heavy (non-hydrogen) atoms. The molecule has 0 amide bonds. The van der Waals surface area contributed by atoms with Gasteiger partial charge in [-0.2, -0.15) is 0 Å². The van der Waals surface area contributed by atoms with Gasteiger partial charge in [0.1, 0.15) is 10.7 Å². The molecule has 0 atom stereocenters. The highest BCUT2D eigenvalue weighted by Gasteiger charge is 2.26. The lowest BCUT2D eigenvalue weighted by molar-refractivity contribution is 0.201. The van der Waals surface area contributed by atoms with E-state index in [0.717, 1.165) is 23.2 Å². The SMILES string of the molecule is CC(C)N(Cc1nnsc1NN)CC1CC1. The smallest absolute Gasteiger partial charge is 0.148 e. The molecule has 0 unspecified atom stereocenters. The molecule has 0 radical (unpaired) electrons. The zero-order valence-electron chi connectivity index (χ0n) is 9.81. The van der Waals surface area contributed by atoms with E-state index in [1.54, 1.807) is 0 Å². The molecule has 1 aliphatic carbocycles. The number of hydrogen-bond acceptors (Lipinski definition) is 6. The van der Waals surface area contributed by atoms with Crippen LogP contribution in [0.3, 0.4) is 0 Å². The Balaban J connectivity index is 1.98. The largest absolute Gasteiger partial charge is 0.313 e. The van der Waals surface area contributed by atoms with Crippen LogP contribution < -0.4 is 11.3 Å². The van der Waals surface area contributed by atoms with Crippen molar-refractivity contribution < 1.29 is 0 Å². The Morgan fingerprint density at radius 1 is 1.56 bits per heavy atom. The van der Waals surface area contributed by atoms with Crippen molar-refractivity contribution in [1.82, 2.24) is 14.5 Å². The molecule has 1 heterocycles. The minimum atomic E-state index is 0.535. The topological polar surface area (TPSA) is 67.1 Å². The lowest BCUT2D eigenvalue weighted by Gasteiger charge is -2.25. The summed E-state index contributed by atoms with van der Waals surface area (Å²) in [6.45, 7) is 6.44. The molecule has 1 aromatic heterocycles. The van der Waals surface area contributed by atoms with Gasteiger partial charge in [-0.25, -0.2) is 5.84 Å². The summed E-state index contributed by atoms with van der Waals surface area (Å²) in [7, 11) is 0. The summed E-state index contributed by atoms with van der Waals surface area (Å²) in [6.07, 6.45) is 2.75. The molecule has 3 N–H and O–H groups in total. The van der Waals surface area contributed by atoms with Crippen LogP contribution in [0.1, 0.15) is 32.4 Å². The molecular weight excluding hydrogens is 222 g/mol. The summed E-state index contributed by atoms with van der Waals surface area (Å²) >= 11 is 1.31. The average Bonchev–Trinajstić information content (AvgIpc) is 2.95. The minimum absolute atomic E-state index is 0.535. The van der Waals surface area contributed by atoms with Gasteiger partial charge in [0.25, 0.3) is 0 Å². The van der Waals surface area contributed by atoms with Crippen LogP contribution in [0.4, 0.5) is 5.00 Å². The van der Waals surface area contributed by atoms with Crippen molar-refractivity contribution in [3.63, 3.8) is 0 Å². The van der Waals surface area contributed by atoms with Crippen molar-refractivity contribution in [2.45, 2.75) is 39.3 Å². The van der Waals surface area contributed by atoms with Crippen LogP contribution in [-0.2, 0) is 6.54 Å². The Morgan fingerprint density at radius 2 is 2.31 bits per heavy atom. The first-order valence-corrected chi connectivity index (χ1v) is 6.50. The van der Waals surface area contributed by atoms with Gasteiger partial charge in [0.05, 0.1) is 0 Å². The van der Waals surface area contributed by atoms with Crippen molar-refractivity contribution in [1.29, 1.82) is 0 Å². The Kier molecular flexibility index (Phi) is 3.73. The number of hydrogen-bond donors (Lipinski definition) is 2. The molecule has 6 heteroatoms. The standard InChI is InChI=1S/C10H19N5S/c1-7(2)15(5-8-3-4-8)6-9-10(12-11)16-14-13-9/h7-8,12H,3-6,11H2,1-2H3. The molecule has 1 fully saturated rings. The minimum Gasteiger partial charge on any atom is -0.313 e. The highest BCUT2D eigenvalue weighted by molar-refractivity contribution is 7.10. The van der Waals surface area contributed by atoms with E-state index in [9.17, 15) is 0 Å². The Labute approximate surface area is 100 Å². The molecular formula is C10H19N5S. The number of anilines is 1. The van der Waals surface area contributed by atoms with Crippen LogP contribution in [0.15, 0.2) is 0 Å². The number of aromatic nitrogens is 2. The zero-order chi connectivity index (χ0) is 11.5. The Bertz CT molecular complexity index is 334. The van der Waals surface area contributed by atoms with Crippen molar-refractivity contribution >= 4 is 16.5 Å². The summed E-state index contributed by atoms with van der Waals surface area (Å²) in [6, 6.07) is 0.535. The monoisotopic (exact) mass is 241 g/mol. The molecule has 1 aromatic rings. The van der Waals surface area contributed by atoms with E-state index in [1.807, 2.05) is 0 Å². The fourth-order valence-corrected chi connectivity index (χ4v) is 2.19. The van der Waals surface area contributed by atoms with E-state index in [2.05, 4.69) is 33.8 Å². The van der Waals surface area contributed by atoms with Gasteiger partial charge in [0, 0.05) is 30.7 Å². The molecule has 5 nitrogen and oxygen atoms in total. The van der Waals surface area contributed by atoms with Crippen molar-refractivity contribution in [3.8, 4) is 0 Å². The number of rotatable bonds is 6. The Hall–Kier alpha value is -0.720. The molecule has 0 saturated heterocycles. The number of nitrogen functional groups attached to an aromatic ring is 1. The molecule has 0 aliphatic heterocycles. The first kappa shape index (κ1) is 11.8. The van der Waals surface area contributed by atoms with E-state index < -0.39 is 0 Å². The van der Waals surface area contributed by atoms with Crippen LogP contribution in [0.2, 0.25) is 0 Å². The zero-order valence-corrected chi connectivity index (χ0v) is 10.6. The van der Waals surface area contributed by atoms with Crippen molar-refractivity contribution in [3.05, 3.63) is 5.69 Å². The van der Waals surface area contributed by atoms with Crippen molar-refractivity contribution in [2.75, 3.05) is 12.0 Å². The highest BCUT2D eigenvalue weighted by Crippen LogP contribution is 2.31. The maximum atomic E-state index is 5.42. The van der Waals surface area contributed by atoms with Crippen LogP contribution in [-0.4, -0.2) is 27.1 Å². The number of nitrogens with one attached hydrogen (secondary N) is 1. The second-order valence-corrected chi connectivity index (χ2v) is 5.41. The lowest BCUT2D eigenvalue weighted by Crippen LogP contribution is -2.32. The van der Waals surface area contributed by atoms with Crippen LogP contribution in [0, 0.1) is 5.92 Å². The molecule has 0 bridgehead atoms. The third-order valence-electron chi connectivity index (χ3n) is 2.96. The fraction of sp³-hybridized carbons (Fsp3) is 0.800. The van der Waals surface area contributed by atoms with E-state index in [4.69, 9.17) is 5.84 Å². The van der Waals surface area contributed by atoms with Crippen LogP contribution in [0.25, 0.3) is 0 Å². The molecule has 90 valence electrons. The first-order valence-electron chi connectivity index (χ1n) is 5.72. The van der Waals surface area contributed by atoms with Gasteiger partial charge in [-0.15, -0.1) is 5.10 Å². The van der Waals surface area contributed by atoms with E-state index in [0.29, 0.717) is 6.04 Å². The van der Waals surface area contributed by atoms with E-state index >= 15 is 0 Å². The van der Waals surface area contributed by atoms with Gasteiger partial charge in [0.15, 0.2) is 0 Å². The van der Waals surface area contributed by atoms with Crippen molar-refractivity contribution in [2.24, 2.45) is 11.8 Å². The summed E-state index contributed by atoms with van der Waals surface area (Å²) in [5.74, 6) is 6.31. The molecule has 0 aromatic carbocycles. The predicted octanol–water partition coefficient (Wildman–Crippen LogP) is 1.44. The van der Waals surface area contributed by atoms with Gasteiger partial charge in [-0.3, -0.25) is 4.90 Å². The third kappa shape index (κ3) is 2.90. The average molecular weight is 241 g/mol. The number of nitrogens with two attached hydrogens (primary N) is 1. The predicted molar refractivity (Wildman–Crippen MR) is 66.0 cm³/mol. The Morgan fingerprint density at radius 3 is 2.88 bits per heavy atom. The van der Waals surface area contributed by atoms with Gasteiger partial charge in [-0.1, -0.05) is 4.49 Å². The maximum Gasteiger partial charge on any atom is 0.148 e. The molecule has 1 saturated carbocycles. The normalized spacial score (nSPS) is 16.1.